The molecule has 2 rings (SSSR count). The van der Waals surface area contributed by atoms with Crippen LogP contribution in [-0.2, 0) is 6.42 Å². The van der Waals surface area contributed by atoms with Crippen LogP contribution in [0.4, 0.5) is 0 Å². The van der Waals surface area contributed by atoms with Crippen LogP contribution in [-0.4, -0.2) is 6.54 Å². The molecule has 19 heavy (non-hydrogen) atoms. The maximum atomic E-state index is 3.79. The highest BCUT2D eigenvalue weighted by molar-refractivity contribution is 5.25. The normalized spacial score (nSPS) is 24.6. The van der Waals surface area contributed by atoms with E-state index in [9.17, 15) is 0 Å². The highest BCUT2D eigenvalue weighted by atomic mass is 14.9. The molecule has 1 saturated carbocycles. The van der Waals surface area contributed by atoms with Gasteiger partial charge in [-0.2, -0.15) is 0 Å². The van der Waals surface area contributed by atoms with E-state index in [0.717, 1.165) is 24.8 Å². The van der Waals surface area contributed by atoms with E-state index in [1.54, 1.807) is 0 Å². The largest absolute Gasteiger partial charge is 0.310 e. The first kappa shape index (κ1) is 14.6. The molecule has 0 saturated heterocycles. The van der Waals surface area contributed by atoms with Crippen LogP contribution in [0, 0.1) is 11.8 Å². The lowest BCUT2D eigenvalue weighted by molar-refractivity contribution is 0.359. The van der Waals surface area contributed by atoms with Gasteiger partial charge in [0, 0.05) is 6.04 Å². The molecule has 1 aliphatic carbocycles. The average molecular weight is 259 g/mol. The quantitative estimate of drug-likeness (QED) is 0.779. The van der Waals surface area contributed by atoms with Crippen molar-refractivity contribution in [3.8, 4) is 0 Å². The summed E-state index contributed by atoms with van der Waals surface area (Å²) in [6, 6.07) is 9.85. The molecule has 1 N–H and O–H groups in total. The molecule has 0 aliphatic heterocycles. The molecule has 0 aromatic heterocycles. The second kappa shape index (κ2) is 7.09. The lowest BCUT2D eigenvalue weighted by Gasteiger charge is -2.25. The molecular weight excluding hydrogens is 230 g/mol. The van der Waals surface area contributed by atoms with Gasteiger partial charge in [-0.25, -0.2) is 0 Å². The average Bonchev–Trinajstić information content (AvgIpc) is 2.86. The van der Waals surface area contributed by atoms with Crippen LogP contribution in [0.1, 0.15) is 63.6 Å². The molecule has 0 heterocycles. The van der Waals surface area contributed by atoms with E-state index >= 15 is 0 Å². The van der Waals surface area contributed by atoms with Gasteiger partial charge in [-0.3, -0.25) is 0 Å². The van der Waals surface area contributed by atoms with Gasteiger partial charge in [0.1, 0.15) is 0 Å². The van der Waals surface area contributed by atoms with Gasteiger partial charge >= 0.3 is 0 Å². The summed E-state index contributed by atoms with van der Waals surface area (Å²) in [4.78, 5) is 0. The Balaban J connectivity index is 2.11. The molecule has 0 spiro atoms. The smallest absolute Gasteiger partial charge is 0.0348 e. The lowest BCUT2D eigenvalue weighted by Crippen LogP contribution is -2.28. The maximum Gasteiger partial charge on any atom is 0.0348 e. The summed E-state index contributed by atoms with van der Waals surface area (Å²) in [7, 11) is 0. The van der Waals surface area contributed by atoms with E-state index in [-0.39, 0.29) is 0 Å². The van der Waals surface area contributed by atoms with E-state index in [2.05, 4.69) is 50.4 Å². The molecule has 0 radical (unpaired) electrons. The van der Waals surface area contributed by atoms with Gasteiger partial charge < -0.3 is 5.32 Å². The Morgan fingerprint density at radius 3 is 2.42 bits per heavy atom. The van der Waals surface area contributed by atoms with Crippen molar-refractivity contribution in [1.29, 1.82) is 0 Å². The number of rotatable bonds is 6. The Labute approximate surface area is 118 Å². The predicted octanol–water partition coefficient (Wildman–Crippen LogP) is 4.73. The number of hydrogen-bond acceptors (Lipinski definition) is 1. The third kappa shape index (κ3) is 3.82. The Kier molecular flexibility index (Phi) is 5.45. The van der Waals surface area contributed by atoms with Crippen LogP contribution in [0.15, 0.2) is 24.3 Å². The monoisotopic (exact) mass is 259 g/mol. The Bertz CT molecular complexity index is 368. The van der Waals surface area contributed by atoms with Gasteiger partial charge in [-0.05, 0) is 55.2 Å². The Morgan fingerprint density at radius 1 is 1.16 bits per heavy atom. The Hall–Kier alpha value is -0.820. The summed E-state index contributed by atoms with van der Waals surface area (Å²) in [5.74, 6) is 1.74. The summed E-state index contributed by atoms with van der Waals surface area (Å²) >= 11 is 0. The first-order chi connectivity index (χ1) is 9.24. The molecule has 1 aliphatic rings. The summed E-state index contributed by atoms with van der Waals surface area (Å²) in [6.45, 7) is 8.00. The highest BCUT2D eigenvalue weighted by Crippen LogP contribution is 2.38. The molecule has 0 bridgehead atoms. The number of aryl methyl sites for hydroxylation is 1. The van der Waals surface area contributed by atoms with Crippen molar-refractivity contribution in [2.45, 2.75) is 58.9 Å². The highest BCUT2D eigenvalue weighted by Gasteiger charge is 2.29. The van der Waals surface area contributed by atoms with Crippen LogP contribution in [0.2, 0.25) is 0 Å². The number of nitrogens with one attached hydrogen (secondary N) is 1. The summed E-state index contributed by atoms with van der Waals surface area (Å²) < 4.78 is 0. The SMILES string of the molecule is CCCNC(c1ccc(CC)cc1)C1CCC(C)C1. The van der Waals surface area contributed by atoms with Crippen molar-refractivity contribution < 1.29 is 0 Å². The van der Waals surface area contributed by atoms with E-state index < -0.39 is 0 Å². The first-order valence-electron chi connectivity index (χ1n) is 8.06. The molecule has 1 heteroatoms. The lowest BCUT2D eigenvalue weighted by atomic mass is 9.90. The second-order valence-corrected chi connectivity index (χ2v) is 6.21. The third-order valence-electron chi connectivity index (χ3n) is 4.57. The standard InChI is InChI=1S/C18H29N/c1-4-12-19-18(17-9-6-14(3)13-17)16-10-7-15(5-2)8-11-16/h7-8,10-11,14,17-19H,4-6,9,12-13H2,1-3H3. The van der Waals surface area contributed by atoms with Gasteiger partial charge in [0.2, 0.25) is 0 Å². The minimum Gasteiger partial charge on any atom is -0.310 e. The molecule has 1 nitrogen and oxygen atoms in total. The summed E-state index contributed by atoms with van der Waals surface area (Å²) in [6.07, 6.45) is 6.52. The number of hydrogen-bond donors (Lipinski definition) is 1. The summed E-state index contributed by atoms with van der Waals surface area (Å²) in [5, 5.41) is 3.79. The molecule has 0 amide bonds. The van der Waals surface area contributed by atoms with E-state index in [4.69, 9.17) is 0 Å². The van der Waals surface area contributed by atoms with Gasteiger partial charge in [-0.15, -0.1) is 0 Å². The minimum atomic E-state index is 0.566. The van der Waals surface area contributed by atoms with Gasteiger partial charge in [0.05, 0.1) is 0 Å². The molecular formula is C18H29N. The van der Waals surface area contributed by atoms with Gasteiger partial charge in [-0.1, -0.05) is 51.5 Å². The van der Waals surface area contributed by atoms with Crippen LogP contribution in [0.3, 0.4) is 0 Å². The molecule has 106 valence electrons. The number of benzene rings is 1. The van der Waals surface area contributed by atoms with E-state index in [0.29, 0.717) is 6.04 Å². The molecule has 1 aromatic carbocycles. The van der Waals surface area contributed by atoms with Crippen molar-refractivity contribution in [3.63, 3.8) is 0 Å². The van der Waals surface area contributed by atoms with Crippen molar-refractivity contribution in [2.24, 2.45) is 11.8 Å². The van der Waals surface area contributed by atoms with Crippen molar-refractivity contribution in [1.82, 2.24) is 5.32 Å². The minimum absolute atomic E-state index is 0.566. The fourth-order valence-electron chi connectivity index (χ4n) is 3.37. The zero-order chi connectivity index (χ0) is 13.7. The van der Waals surface area contributed by atoms with Gasteiger partial charge in [0.15, 0.2) is 0 Å². The molecule has 3 unspecified atom stereocenters. The second-order valence-electron chi connectivity index (χ2n) is 6.21. The molecule has 1 aromatic rings. The zero-order valence-electron chi connectivity index (χ0n) is 12.8. The molecule has 1 fully saturated rings. The third-order valence-corrected chi connectivity index (χ3v) is 4.57. The van der Waals surface area contributed by atoms with Crippen LogP contribution in [0.5, 0.6) is 0 Å². The Morgan fingerprint density at radius 2 is 1.89 bits per heavy atom. The molecule has 3 atom stereocenters. The van der Waals surface area contributed by atoms with E-state index in [1.807, 2.05) is 0 Å². The fraction of sp³-hybridized carbons (Fsp3) is 0.667. The van der Waals surface area contributed by atoms with Crippen LogP contribution < -0.4 is 5.32 Å². The van der Waals surface area contributed by atoms with Crippen molar-refractivity contribution >= 4 is 0 Å². The first-order valence-corrected chi connectivity index (χ1v) is 8.06. The predicted molar refractivity (Wildman–Crippen MR) is 83.4 cm³/mol. The summed E-state index contributed by atoms with van der Waals surface area (Å²) in [5.41, 5.74) is 2.93. The van der Waals surface area contributed by atoms with Gasteiger partial charge in [0.25, 0.3) is 0 Å². The van der Waals surface area contributed by atoms with Crippen molar-refractivity contribution in [2.75, 3.05) is 6.54 Å². The van der Waals surface area contributed by atoms with E-state index in [1.165, 1.54) is 36.8 Å². The van der Waals surface area contributed by atoms with Crippen molar-refractivity contribution in [3.05, 3.63) is 35.4 Å². The topological polar surface area (TPSA) is 12.0 Å². The zero-order valence-corrected chi connectivity index (χ0v) is 12.8. The van der Waals surface area contributed by atoms with Crippen LogP contribution in [0.25, 0.3) is 0 Å². The fourth-order valence-corrected chi connectivity index (χ4v) is 3.37. The van der Waals surface area contributed by atoms with Crippen LogP contribution >= 0.6 is 0 Å². The maximum absolute atomic E-state index is 3.79.